The molecule has 3 aromatic rings. The molecular weight excluding hydrogens is 413 g/mol. The highest BCUT2D eigenvalue weighted by molar-refractivity contribution is 7.23. The van der Waals surface area contributed by atoms with E-state index in [2.05, 4.69) is 4.98 Å². The Morgan fingerprint density at radius 2 is 1.92 bits per heavy atom. The van der Waals surface area contributed by atoms with E-state index in [-0.39, 0.29) is 5.91 Å². The third-order valence-electron chi connectivity index (χ3n) is 3.70. The van der Waals surface area contributed by atoms with Crippen molar-refractivity contribution in [1.82, 2.24) is 9.88 Å². The van der Waals surface area contributed by atoms with Crippen LogP contribution in [0, 0.1) is 0 Å². The molecule has 3 rings (SSSR count). The summed E-state index contributed by atoms with van der Waals surface area (Å²) >= 11 is 15.0. The van der Waals surface area contributed by atoms with Crippen molar-refractivity contribution in [2.45, 2.75) is 0 Å². The number of nitrogens with zero attached hydrogens (tertiary/aromatic N) is 3. The van der Waals surface area contributed by atoms with Gasteiger partial charge in [-0.05, 0) is 38.4 Å². The van der Waals surface area contributed by atoms with Crippen LogP contribution in [0.15, 0.2) is 24.3 Å². The summed E-state index contributed by atoms with van der Waals surface area (Å²) in [6, 6.07) is 7.01. The number of hydrogen-bond donors (Lipinski definition) is 0. The first-order valence-corrected chi connectivity index (χ1v) is 10.1. The number of benzene rings is 1. The quantitative estimate of drug-likeness (QED) is 0.559. The number of carbonyl (C=O) groups excluding carboxylic acids is 1. The Bertz CT molecular complexity index is 939. The van der Waals surface area contributed by atoms with E-state index >= 15 is 0 Å². The van der Waals surface area contributed by atoms with Gasteiger partial charge < -0.3 is 9.64 Å². The summed E-state index contributed by atoms with van der Waals surface area (Å²) < 4.78 is 6.76. The number of anilines is 1. The van der Waals surface area contributed by atoms with Crippen LogP contribution in [0.25, 0.3) is 10.2 Å². The van der Waals surface area contributed by atoms with E-state index < -0.39 is 0 Å². The summed E-state index contributed by atoms with van der Waals surface area (Å²) in [7, 11) is 5.51. The van der Waals surface area contributed by atoms with Crippen LogP contribution in [0.4, 0.5) is 5.13 Å². The first kappa shape index (κ1) is 19.4. The second-order valence-electron chi connectivity index (χ2n) is 5.79. The molecule has 0 aliphatic carbocycles. The predicted molar refractivity (Wildman–Crippen MR) is 111 cm³/mol. The van der Waals surface area contributed by atoms with Crippen LogP contribution >= 0.6 is 45.9 Å². The summed E-state index contributed by atoms with van der Waals surface area (Å²) in [5.74, 6) is 0.504. The fourth-order valence-electron chi connectivity index (χ4n) is 2.37. The van der Waals surface area contributed by atoms with Gasteiger partial charge in [0.1, 0.15) is 11.3 Å². The smallest absolute Gasteiger partial charge is 0.270 e. The van der Waals surface area contributed by atoms with Crippen molar-refractivity contribution in [1.29, 1.82) is 0 Å². The predicted octanol–water partition coefficient (Wildman–Crippen LogP) is 4.88. The number of carbonyl (C=O) groups is 1. The zero-order valence-corrected chi connectivity index (χ0v) is 17.6. The standard InChI is InChI=1S/C17H17Cl2N3O2S2/c1-21(2)8-9-22(16(23)12-6-7-13(19)25-12)17-20-14-11(24-3)5-4-10(18)15(14)26-17/h4-7H,8-9H2,1-3H3. The molecule has 0 aliphatic rings. The minimum atomic E-state index is -0.127. The molecule has 2 aromatic heterocycles. The Hall–Kier alpha value is -1.38. The van der Waals surface area contributed by atoms with Crippen LogP contribution in [0.2, 0.25) is 9.36 Å². The van der Waals surface area contributed by atoms with Crippen molar-refractivity contribution < 1.29 is 9.53 Å². The molecule has 0 fully saturated rings. The van der Waals surface area contributed by atoms with Crippen molar-refractivity contribution in [2.75, 3.05) is 39.2 Å². The number of rotatable bonds is 6. The highest BCUT2D eigenvalue weighted by atomic mass is 35.5. The maximum absolute atomic E-state index is 13.0. The number of likely N-dealkylation sites (N-methyl/N-ethyl adjacent to an activating group) is 1. The number of fused-ring (bicyclic) bond motifs is 1. The van der Waals surface area contributed by atoms with E-state index in [9.17, 15) is 4.79 Å². The molecule has 0 spiro atoms. The minimum absolute atomic E-state index is 0.127. The van der Waals surface area contributed by atoms with Crippen molar-refractivity contribution in [3.8, 4) is 5.75 Å². The number of methoxy groups -OCH3 is 1. The number of ether oxygens (including phenoxy) is 1. The van der Waals surface area contributed by atoms with Gasteiger partial charge in [-0.15, -0.1) is 11.3 Å². The third kappa shape index (κ3) is 3.97. The summed E-state index contributed by atoms with van der Waals surface area (Å²) in [6.45, 7) is 1.20. The first-order chi connectivity index (χ1) is 12.4. The molecule has 0 aliphatic heterocycles. The zero-order valence-electron chi connectivity index (χ0n) is 14.5. The normalized spacial score (nSPS) is 11.3. The molecule has 26 heavy (non-hydrogen) atoms. The van der Waals surface area contributed by atoms with Gasteiger partial charge in [0, 0.05) is 13.1 Å². The van der Waals surface area contributed by atoms with Gasteiger partial charge in [0.2, 0.25) is 0 Å². The molecule has 0 atom stereocenters. The summed E-state index contributed by atoms with van der Waals surface area (Å²) in [4.78, 5) is 22.0. The SMILES string of the molecule is COc1ccc(Cl)c2sc(N(CCN(C)C)C(=O)c3ccc(Cl)s3)nc12. The van der Waals surface area contributed by atoms with Gasteiger partial charge in [0.15, 0.2) is 5.13 Å². The average Bonchev–Trinajstić information content (AvgIpc) is 3.22. The lowest BCUT2D eigenvalue weighted by atomic mass is 10.3. The molecule has 0 saturated carbocycles. The second-order valence-corrected chi connectivity index (χ2v) is 8.89. The number of halogens is 2. The van der Waals surface area contributed by atoms with E-state index in [4.69, 9.17) is 27.9 Å². The molecular formula is C17H17Cl2N3O2S2. The van der Waals surface area contributed by atoms with E-state index in [1.807, 2.05) is 19.0 Å². The van der Waals surface area contributed by atoms with Crippen LogP contribution in [0.1, 0.15) is 9.67 Å². The molecule has 1 amide bonds. The first-order valence-electron chi connectivity index (χ1n) is 7.75. The summed E-state index contributed by atoms with van der Waals surface area (Å²) in [6.07, 6.45) is 0. The Morgan fingerprint density at radius 1 is 1.15 bits per heavy atom. The Kier molecular flexibility index (Phi) is 6.04. The lowest BCUT2D eigenvalue weighted by Crippen LogP contribution is -2.36. The van der Waals surface area contributed by atoms with Gasteiger partial charge in [-0.1, -0.05) is 34.5 Å². The Balaban J connectivity index is 2.05. The largest absolute Gasteiger partial charge is 0.494 e. The van der Waals surface area contributed by atoms with Crippen LogP contribution < -0.4 is 9.64 Å². The van der Waals surface area contributed by atoms with Gasteiger partial charge in [-0.2, -0.15) is 0 Å². The van der Waals surface area contributed by atoms with Crippen LogP contribution in [-0.4, -0.2) is 50.1 Å². The highest BCUT2D eigenvalue weighted by Crippen LogP contribution is 2.39. The molecule has 0 saturated heterocycles. The number of aromatic nitrogens is 1. The third-order valence-corrected chi connectivity index (χ3v) is 6.46. The zero-order chi connectivity index (χ0) is 18.8. The fraction of sp³-hybridized carbons (Fsp3) is 0.294. The minimum Gasteiger partial charge on any atom is -0.494 e. The Morgan fingerprint density at radius 3 is 2.54 bits per heavy atom. The van der Waals surface area contributed by atoms with E-state index in [1.54, 1.807) is 36.3 Å². The Labute approximate surface area is 169 Å². The van der Waals surface area contributed by atoms with E-state index in [0.29, 0.717) is 43.7 Å². The molecule has 9 heteroatoms. The van der Waals surface area contributed by atoms with Crippen molar-refractivity contribution in [2.24, 2.45) is 0 Å². The van der Waals surface area contributed by atoms with Crippen LogP contribution in [0.5, 0.6) is 5.75 Å². The van der Waals surface area contributed by atoms with Crippen molar-refractivity contribution in [3.05, 3.63) is 38.5 Å². The number of thiazole rings is 1. The monoisotopic (exact) mass is 429 g/mol. The van der Waals surface area contributed by atoms with Gasteiger partial charge in [0.05, 0.1) is 26.0 Å². The maximum atomic E-state index is 13.0. The molecule has 0 bridgehead atoms. The maximum Gasteiger partial charge on any atom is 0.270 e. The molecule has 0 unspecified atom stereocenters. The lowest BCUT2D eigenvalue weighted by molar-refractivity contribution is 0.0989. The average molecular weight is 430 g/mol. The van der Waals surface area contributed by atoms with Gasteiger partial charge >= 0.3 is 0 Å². The molecule has 0 radical (unpaired) electrons. The molecule has 138 valence electrons. The fourth-order valence-corrected chi connectivity index (χ4v) is 4.64. The van der Waals surface area contributed by atoms with Gasteiger partial charge in [0.25, 0.3) is 5.91 Å². The topological polar surface area (TPSA) is 45.7 Å². The van der Waals surface area contributed by atoms with E-state index in [1.165, 1.54) is 22.7 Å². The van der Waals surface area contributed by atoms with Crippen LogP contribution in [-0.2, 0) is 0 Å². The molecule has 2 heterocycles. The number of hydrogen-bond acceptors (Lipinski definition) is 6. The number of amides is 1. The molecule has 0 N–H and O–H groups in total. The van der Waals surface area contributed by atoms with Crippen LogP contribution in [0.3, 0.4) is 0 Å². The number of thiophene rings is 1. The second kappa shape index (κ2) is 8.10. The van der Waals surface area contributed by atoms with Gasteiger partial charge in [-0.3, -0.25) is 9.69 Å². The highest BCUT2D eigenvalue weighted by Gasteiger charge is 2.24. The van der Waals surface area contributed by atoms with Crippen molar-refractivity contribution in [3.63, 3.8) is 0 Å². The van der Waals surface area contributed by atoms with E-state index in [0.717, 1.165) is 4.70 Å². The molecule has 1 aromatic carbocycles. The van der Waals surface area contributed by atoms with Gasteiger partial charge in [-0.25, -0.2) is 4.98 Å². The summed E-state index contributed by atoms with van der Waals surface area (Å²) in [5, 5.41) is 1.17. The lowest BCUT2D eigenvalue weighted by Gasteiger charge is -2.21. The summed E-state index contributed by atoms with van der Waals surface area (Å²) in [5.41, 5.74) is 0.659. The van der Waals surface area contributed by atoms with Crippen molar-refractivity contribution >= 4 is 67.1 Å². The molecule has 5 nitrogen and oxygen atoms in total.